The Labute approximate surface area is 160 Å². The van der Waals surface area contributed by atoms with Gasteiger partial charge in [0.2, 0.25) is 11.7 Å². The van der Waals surface area contributed by atoms with E-state index < -0.39 is 23.7 Å². The molecule has 0 N–H and O–H groups in total. The van der Waals surface area contributed by atoms with Gasteiger partial charge in [0.15, 0.2) is 0 Å². The Bertz CT molecular complexity index is 909. The molecule has 0 atom stereocenters. The number of carbonyl (C=O) groups excluding carboxylic acids is 1. The number of carbonyl (C=O) groups is 1. The van der Waals surface area contributed by atoms with Gasteiger partial charge in [-0.3, -0.25) is 9.36 Å². The van der Waals surface area contributed by atoms with Crippen molar-refractivity contribution in [2.45, 2.75) is 44.8 Å². The predicted molar refractivity (Wildman–Crippen MR) is 96.8 cm³/mol. The molecule has 152 valence electrons. The summed E-state index contributed by atoms with van der Waals surface area (Å²) in [6.45, 7) is 2.81. The van der Waals surface area contributed by atoms with Crippen molar-refractivity contribution in [3.63, 3.8) is 0 Å². The lowest BCUT2D eigenvalue weighted by Gasteiger charge is -2.31. The molecule has 0 bridgehead atoms. The maximum Gasteiger partial charge on any atom is 0.451 e. The molecule has 1 aliphatic heterocycles. The molecule has 28 heavy (non-hydrogen) atoms. The van der Waals surface area contributed by atoms with E-state index >= 15 is 0 Å². The van der Waals surface area contributed by atoms with Crippen LogP contribution < -0.4 is 5.69 Å². The van der Waals surface area contributed by atoms with Crippen LogP contribution in [0.1, 0.15) is 42.3 Å². The Morgan fingerprint density at radius 3 is 2.50 bits per heavy atom. The van der Waals surface area contributed by atoms with E-state index in [1.165, 1.54) is 0 Å². The third-order valence-corrected chi connectivity index (χ3v) is 5.13. The molecule has 9 heteroatoms. The molecule has 0 aliphatic carbocycles. The molecule has 0 radical (unpaired) electrons. The minimum Gasteiger partial charge on any atom is -0.343 e. The van der Waals surface area contributed by atoms with Gasteiger partial charge in [-0.05, 0) is 31.7 Å². The number of alkyl halides is 3. The Hall–Kier alpha value is -2.58. The number of piperidine rings is 1. The molecular formula is C19H23F3N4O2. The van der Waals surface area contributed by atoms with Crippen molar-refractivity contribution in [3.05, 3.63) is 51.7 Å². The van der Waals surface area contributed by atoms with E-state index in [0.29, 0.717) is 43.3 Å². The summed E-state index contributed by atoms with van der Waals surface area (Å²) in [4.78, 5) is 26.3. The minimum absolute atomic E-state index is 0.0179. The fraction of sp³-hybridized carbons (Fsp3) is 0.526. The summed E-state index contributed by atoms with van der Waals surface area (Å²) in [6, 6.07) is 7.56. The smallest absolute Gasteiger partial charge is 0.343 e. The van der Waals surface area contributed by atoms with E-state index in [-0.39, 0.29) is 5.91 Å². The lowest BCUT2D eigenvalue weighted by molar-refractivity contribution is -0.147. The van der Waals surface area contributed by atoms with Crippen LogP contribution in [0, 0.1) is 6.92 Å². The second-order valence-corrected chi connectivity index (χ2v) is 7.21. The molecule has 1 aliphatic rings. The number of rotatable bonds is 4. The van der Waals surface area contributed by atoms with E-state index in [9.17, 15) is 22.8 Å². The number of hydrogen-bond acceptors (Lipinski definition) is 3. The van der Waals surface area contributed by atoms with Crippen LogP contribution in [0.2, 0.25) is 0 Å². The third-order valence-electron chi connectivity index (χ3n) is 5.13. The summed E-state index contributed by atoms with van der Waals surface area (Å²) in [5.74, 6) is -1.18. The fourth-order valence-electron chi connectivity index (χ4n) is 3.58. The molecule has 1 amide bonds. The minimum atomic E-state index is -4.67. The largest absolute Gasteiger partial charge is 0.451 e. The van der Waals surface area contributed by atoms with Crippen LogP contribution in [0.4, 0.5) is 13.2 Å². The summed E-state index contributed by atoms with van der Waals surface area (Å²) < 4.78 is 40.3. The van der Waals surface area contributed by atoms with Crippen LogP contribution in [0.15, 0.2) is 29.1 Å². The molecule has 0 unspecified atom stereocenters. The molecule has 1 aromatic carbocycles. The molecule has 2 aromatic rings. The summed E-state index contributed by atoms with van der Waals surface area (Å²) in [5.41, 5.74) is 1.46. The summed E-state index contributed by atoms with van der Waals surface area (Å²) in [7, 11) is 1.07. The van der Waals surface area contributed by atoms with E-state index in [1.54, 1.807) is 4.90 Å². The summed E-state index contributed by atoms with van der Waals surface area (Å²) >= 11 is 0. The number of amides is 1. The van der Waals surface area contributed by atoms with Gasteiger partial charge in [0.05, 0.1) is 6.04 Å². The first kappa shape index (κ1) is 20.2. The quantitative estimate of drug-likeness (QED) is 0.799. The second kappa shape index (κ2) is 7.81. The van der Waals surface area contributed by atoms with Gasteiger partial charge in [0.1, 0.15) is 0 Å². The first-order chi connectivity index (χ1) is 13.2. The predicted octanol–water partition coefficient (Wildman–Crippen LogP) is 2.71. The van der Waals surface area contributed by atoms with E-state index in [0.717, 1.165) is 22.9 Å². The van der Waals surface area contributed by atoms with Gasteiger partial charge >= 0.3 is 11.9 Å². The summed E-state index contributed by atoms with van der Waals surface area (Å²) in [6.07, 6.45) is -2.83. The zero-order chi connectivity index (χ0) is 20.5. The number of benzene rings is 1. The van der Waals surface area contributed by atoms with Crippen molar-refractivity contribution >= 4 is 5.91 Å². The van der Waals surface area contributed by atoms with Crippen LogP contribution in [0.5, 0.6) is 0 Å². The lowest BCUT2D eigenvalue weighted by Crippen LogP contribution is -2.41. The zero-order valence-corrected chi connectivity index (χ0v) is 15.9. The molecule has 0 saturated carbocycles. The second-order valence-electron chi connectivity index (χ2n) is 7.21. The zero-order valence-electron chi connectivity index (χ0n) is 15.9. The summed E-state index contributed by atoms with van der Waals surface area (Å²) in [5, 5.41) is 3.50. The highest BCUT2D eigenvalue weighted by Crippen LogP contribution is 2.28. The van der Waals surface area contributed by atoms with Crippen molar-refractivity contribution in [2.24, 2.45) is 7.05 Å². The van der Waals surface area contributed by atoms with Crippen LogP contribution in [0.3, 0.4) is 0 Å². The Morgan fingerprint density at radius 2 is 1.93 bits per heavy atom. The van der Waals surface area contributed by atoms with Gasteiger partial charge in [0, 0.05) is 26.6 Å². The molecule has 1 saturated heterocycles. The molecule has 3 rings (SSSR count). The van der Waals surface area contributed by atoms with Gasteiger partial charge in [-0.15, -0.1) is 5.10 Å². The highest BCUT2D eigenvalue weighted by atomic mass is 19.4. The average molecular weight is 396 g/mol. The van der Waals surface area contributed by atoms with E-state index in [1.807, 2.05) is 31.2 Å². The topological polar surface area (TPSA) is 60.1 Å². The SMILES string of the molecule is Cc1cccc(CCC(=O)N2CCC(n3nc(C(F)(F)F)n(C)c3=O)CC2)c1. The standard InChI is InChI=1S/C19H23F3N4O2/c1-13-4-3-5-14(12-13)6-7-16(27)25-10-8-15(9-11-25)26-18(28)24(2)17(23-26)19(20,21)22/h3-5,12,15H,6-11H2,1-2H3. The van der Waals surface area contributed by atoms with Crippen molar-refractivity contribution in [1.29, 1.82) is 0 Å². The van der Waals surface area contributed by atoms with Crippen LogP contribution in [-0.4, -0.2) is 38.2 Å². The highest BCUT2D eigenvalue weighted by molar-refractivity contribution is 5.76. The van der Waals surface area contributed by atoms with Crippen molar-refractivity contribution in [3.8, 4) is 0 Å². The van der Waals surface area contributed by atoms with Gasteiger partial charge in [-0.1, -0.05) is 29.8 Å². The maximum absolute atomic E-state index is 12.9. The number of hydrogen-bond donors (Lipinski definition) is 0. The normalized spacial score (nSPS) is 15.8. The Kier molecular flexibility index (Phi) is 5.62. The highest BCUT2D eigenvalue weighted by Gasteiger charge is 2.39. The average Bonchev–Trinajstić information content (AvgIpc) is 2.95. The van der Waals surface area contributed by atoms with Crippen LogP contribution in [-0.2, 0) is 24.4 Å². The molecule has 6 nitrogen and oxygen atoms in total. The van der Waals surface area contributed by atoms with Gasteiger partial charge in [0.25, 0.3) is 0 Å². The Balaban J connectivity index is 1.59. The van der Waals surface area contributed by atoms with Gasteiger partial charge in [-0.2, -0.15) is 13.2 Å². The molecule has 0 spiro atoms. The third kappa shape index (κ3) is 4.28. The van der Waals surface area contributed by atoms with Crippen molar-refractivity contribution < 1.29 is 18.0 Å². The number of halogens is 3. The molecular weight excluding hydrogens is 373 g/mol. The molecule has 1 aromatic heterocycles. The monoisotopic (exact) mass is 396 g/mol. The molecule has 1 fully saturated rings. The maximum atomic E-state index is 12.9. The number of likely N-dealkylation sites (tertiary alicyclic amines) is 1. The molecule has 2 heterocycles. The van der Waals surface area contributed by atoms with Crippen LogP contribution in [0.25, 0.3) is 0 Å². The van der Waals surface area contributed by atoms with Crippen molar-refractivity contribution in [1.82, 2.24) is 19.2 Å². The van der Waals surface area contributed by atoms with E-state index in [4.69, 9.17) is 0 Å². The van der Waals surface area contributed by atoms with Gasteiger partial charge < -0.3 is 4.90 Å². The fourth-order valence-corrected chi connectivity index (χ4v) is 3.58. The first-order valence-corrected chi connectivity index (χ1v) is 9.23. The van der Waals surface area contributed by atoms with Crippen LogP contribution >= 0.6 is 0 Å². The first-order valence-electron chi connectivity index (χ1n) is 9.23. The number of aromatic nitrogens is 3. The lowest BCUT2D eigenvalue weighted by atomic mass is 10.0. The number of nitrogens with zero attached hydrogens (tertiary/aromatic N) is 4. The van der Waals surface area contributed by atoms with E-state index in [2.05, 4.69) is 5.10 Å². The van der Waals surface area contributed by atoms with Crippen molar-refractivity contribution in [2.75, 3.05) is 13.1 Å². The Morgan fingerprint density at radius 1 is 1.25 bits per heavy atom. The number of aryl methyl sites for hydroxylation is 2. The van der Waals surface area contributed by atoms with Gasteiger partial charge in [-0.25, -0.2) is 9.48 Å².